The molecule has 0 unspecified atom stereocenters. The Morgan fingerprint density at radius 1 is 1.27 bits per heavy atom. The molecule has 0 amide bonds. The Labute approximate surface area is 153 Å². The van der Waals surface area contributed by atoms with Gasteiger partial charge in [0, 0.05) is 40.7 Å². The Morgan fingerprint density at radius 2 is 2.12 bits per heavy atom. The van der Waals surface area contributed by atoms with Crippen LogP contribution >= 0.6 is 11.8 Å². The van der Waals surface area contributed by atoms with Crippen LogP contribution in [0.2, 0.25) is 0 Å². The fraction of sp³-hybridized carbons (Fsp3) is 0.211. The monoisotopic (exact) mass is 366 g/mol. The van der Waals surface area contributed by atoms with Gasteiger partial charge in [-0.3, -0.25) is 5.41 Å². The van der Waals surface area contributed by atoms with Gasteiger partial charge < -0.3 is 14.0 Å². The van der Waals surface area contributed by atoms with Gasteiger partial charge in [-0.05, 0) is 19.1 Å². The highest BCUT2D eigenvalue weighted by Crippen LogP contribution is 2.20. The number of thioether (sulfide) groups is 1. The van der Waals surface area contributed by atoms with E-state index in [1.54, 1.807) is 28.7 Å². The minimum Gasteiger partial charge on any atom is -0.422 e. The summed E-state index contributed by atoms with van der Waals surface area (Å²) in [4.78, 5) is 19.7. The first-order chi connectivity index (χ1) is 12.6. The maximum atomic E-state index is 12.4. The zero-order valence-electron chi connectivity index (χ0n) is 14.3. The summed E-state index contributed by atoms with van der Waals surface area (Å²) in [5, 5.41) is 10.4. The molecule has 0 spiro atoms. The van der Waals surface area contributed by atoms with Gasteiger partial charge in [-0.25, -0.2) is 9.78 Å². The van der Waals surface area contributed by atoms with Gasteiger partial charge in [0.1, 0.15) is 16.5 Å². The van der Waals surface area contributed by atoms with E-state index in [0.717, 1.165) is 33.7 Å². The van der Waals surface area contributed by atoms with Crippen molar-refractivity contribution in [3.63, 3.8) is 0 Å². The number of rotatable bonds is 5. The molecular weight excluding hydrogens is 348 g/mol. The van der Waals surface area contributed by atoms with Gasteiger partial charge >= 0.3 is 5.63 Å². The van der Waals surface area contributed by atoms with Gasteiger partial charge in [0.05, 0.1) is 12.0 Å². The summed E-state index contributed by atoms with van der Waals surface area (Å²) in [6, 6.07) is 9.32. The number of para-hydroxylation sites is 1. The number of aromatic nitrogens is 3. The number of benzene rings is 1. The number of hydrogen-bond acceptors (Lipinski definition) is 5. The van der Waals surface area contributed by atoms with E-state index in [1.165, 1.54) is 0 Å². The normalized spacial score (nSPS) is 11.4. The molecule has 26 heavy (non-hydrogen) atoms. The third-order valence-corrected chi connectivity index (χ3v) is 5.40. The fourth-order valence-electron chi connectivity index (χ4n) is 3.00. The predicted molar refractivity (Wildman–Crippen MR) is 103 cm³/mol. The van der Waals surface area contributed by atoms with Gasteiger partial charge in [-0.15, -0.1) is 0 Å². The number of nitrogens with zero attached hydrogens (tertiary/aromatic N) is 2. The Morgan fingerprint density at radius 3 is 2.92 bits per heavy atom. The van der Waals surface area contributed by atoms with Gasteiger partial charge in [0.15, 0.2) is 0 Å². The predicted octanol–water partition coefficient (Wildman–Crippen LogP) is 3.19. The molecule has 0 radical (unpaired) electrons. The second-order valence-corrected chi connectivity index (χ2v) is 7.16. The topological polar surface area (TPSA) is 87.7 Å². The van der Waals surface area contributed by atoms with Gasteiger partial charge in [0.2, 0.25) is 0 Å². The molecular formula is C19H18N4O2S. The number of fused-ring (bicyclic) bond motifs is 3. The Balaban J connectivity index is 1.61. The second kappa shape index (κ2) is 6.84. The van der Waals surface area contributed by atoms with E-state index in [1.807, 2.05) is 37.4 Å². The highest BCUT2D eigenvalue weighted by atomic mass is 32.2. The van der Waals surface area contributed by atoms with Crippen molar-refractivity contribution in [3.05, 3.63) is 70.2 Å². The summed E-state index contributed by atoms with van der Waals surface area (Å²) in [7, 11) is 0. The lowest BCUT2D eigenvalue weighted by molar-refractivity contribution is 0.567. The zero-order valence-corrected chi connectivity index (χ0v) is 15.1. The van der Waals surface area contributed by atoms with Crippen LogP contribution in [0.25, 0.3) is 21.7 Å². The molecule has 1 aromatic carbocycles. The maximum absolute atomic E-state index is 12.4. The molecule has 0 aliphatic carbocycles. The van der Waals surface area contributed by atoms with Crippen molar-refractivity contribution in [2.75, 3.05) is 5.75 Å². The van der Waals surface area contributed by atoms with Crippen molar-refractivity contribution < 1.29 is 4.42 Å². The van der Waals surface area contributed by atoms with E-state index in [9.17, 15) is 4.79 Å². The molecule has 2 N–H and O–H groups in total. The number of H-pyrrole nitrogens is 1. The maximum Gasteiger partial charge on any atom is 0.347 e. The van der Waals surface area contributed by atoms with Crippen LogP contribution in [0, 0.1) is 12.3 Å². The summed E-state index contributed by atoms with van der Waals surface area (Å²) in [5.41, 5.74) is 2.42. The average Bonchev–Trinajstić information content (AvgIpc) is 3.05. The van der Waals surface area contributed by atoms with E-state index < -0.39 is 5.63 Å². The van der Waals surface area contributed by atoms with Crippen molar-refractivity contribution in [2.24, 2.45) is 0 Å². The molecule has 3 heterocycles. The number of aryl methyl sites for hydroxylation is 2. The molecule has 7 heteroatoms. The number of aromatic amines is 1. The highest BCUT2D eigenvalue weighted by molar-refractivity contribution is 7.98. The van der Waals surface area contributed by atoms with Crippen molar-refractivity contribution >= 4 is 33.5 Å². The SMILES string of the molecule is Cc1[nH]cnc1CSCCn1ccc2c(c(=O)oc3ccccc32)c1=N. The van der Waals surface area contributed by atoms with Crippen LogP contribution in [0.1, 0.15) is 11.4 Å². The average molecular weight is 366 g/mol. The first-order valence-electron chi connectivity index (χ1n) is 8.31. The summed E-state index contributed by atoms with van der Waals surface area (Å²) < 4.78 is 7.18. The van der Waals surface area contributed by atoms with Crippen molar-refractivity contribution in [1.82, 2.24) is 14.5 Å². The lowest BCUT2D eigenvalue weighted by atomic mass is 10.1. The largest absolute Gasteiger partial charge is 0.422 e. The van der Waals surface area contributed by atoms with E-state index >= 15 is 0 Å². The van der Waals surface area contributed by atoms with Crippen molar-refractivity contribution in [3.8, 4) is 0 Å². The van der Waals surface area contributed by atoms with E-state index in [2.05, 4.69) is 9.97 Å². The van der Waals surface area contributed by atoms with E-state index in [0.29, 0.717) is 17.5 Å². The number of imidazole rings is 1. The number of nitrogens with one attached hydrogen (secondary N) is 2. The summed E-state index contributed by atoms with van der Waals surface area (Å²) in [6.07, 6.45) is 3.58. The van der Waals surface area contributed by atoms with Crippen LogP contribution in [0.15, 0.2) is 52.1 Å². The van der Waals surface area contributed by atoms with Gasteiger partial charge in [0.25, 0.3) is 0 Å². The summed E-state index contributed by atoms with van der Waals surface area (Å²) in [5.74, 6) is 1.65. The third kappa shape index (κ3) is 2.94. The number of pyridine rings is 1. The van der Waals surface area contributed by atoms with Gasteiger partial charge in [-0.2, -0.15) is 11.8 Å². The molecule has 0 aliphatic heterocycles. The summed E-state index contributed by atoms with van der Waals surface area (Å²) in [6.45, 7) is 2.65. The van der Waals surface area contributed by atoms with E-state index in [4.69, 9.17) is 9.83 Å². The molecule has 0 fully saturated rings. The highest BCUT2D eigenvalue weighted by Gasteiger charge is 2.10. The Bertz CT molecular complexity index is 1210. The second-order valence-electron chi connectivity index (χ2n) is 6.06. The quantitative estimate of drug-likeness (QED) is 0.323. The molecule has 4 rings (SSSR count). The first-order valence-corrected chi connectivity index (χ1v) is 9.47. The lowest BCUT2D eigenvalue weighted by Gasteiger charge is -2.09. The Kier molecular flexibility index (Phi) is 4.38. The van der Waals surface area contributed by atoms with Crippen molar-refractivity contribution in [1.29, 1.82) is 5.41 Å². The van der Waals surface area contributed by atoms with Gasteiger partial charge in [-0.1, -0.05) is 18.2 Å². The van der Waals surface area contributed by atoms with E-state index in [-0.39, 0.29) is 5.49 Å². The zero-order chi connectivity index (χ0) is 18.1. The molecule has 6 nitrogen and oxygen atoms in total. The Hall–Kier alpha value is -2.80. The molecule has 0 bridgehead atoms. The minimum atomic E-state index is -0.460. The fourth-order valence-corrected chi connectivity index (χ4v) is 3.96. The molecule has 0 aliphatic rings. The molecule has 0 atom stereocenters. The minimum absolute atomic E-state index is 0.193. The van der Waals surface area contributed by atoms with Crippen LogP contribution in [-0.4, -0.2) is 20.3 Å². The smallest absolute Gasteiger partial charge is 0.347 e. The molecule has 0 saturated heterocycles. The third-order valence-electron chi connectivity index (χ3n) is 4.45. The van der Waals surface area contributed by atoms with Crippen LogP contribution in [0.4, 0.5) is 0 Å². The van der Waals surface area contributed by atoms with Crippen LogP contribution in [-0.2, 0) is 12.3 Å². The first kappa shape index (κ1) is 16.7. The standard InChI is InChI=1S/C19H18N4O2S/c1-12-15(22-11-21-12)10-26-9-8-23-7-6-14-13-4-2-3-5-16(13)25-19(24)17(14)18(23)20/h2-7,11,20H,8-10H2,1H3,(H,21,22). The lowest BCUT2D eigenvalue weighted by Crippen LogP contribution is -2.25. The van der Waals surface area contributed by atoms with Crippen LogP contribution in [0.5, 0.6) is 0 Å². The molecule has 4 aromatic rings. The molecule has 0 saturated carbocycles. The van der Waals surface area contributed by atoms with Crippen molar-refractivity contribution in [2.45, 2.75) is 19.2 Å². The molecule has 3 aromatic heterocycles. The number of hydrogen-bond donors (Lipinski definition) is 2. The summed E-state index contributed by atoms with van der Waals surface area (Å²) >= 11 is 1.75. The molecule has 132 valence electrons. The van der Waals surface area contributed by atoms with Crippen LogP contribution in [0.3, 0.4) is 0 Å². The van der Waals surface area contributed by atoms with Crippen LogP contribution < -0.4 is 11.1 Å².